The van der Waals surface area contributed by atoms with Gasteiger partial charge in [-0.3, -0.25) is 4.79 Å². The summed E-state index contributed by atoms with van der Waals surface area (Å²) in [6, 6.07) is 8.65. The van der Waals surface area contributed by atoms with Gasteiger partial charge in [-0.2, -0.15) is 5.10 Å². The quantitative estimate of drug-likeness (QED) is 0.600. The number of amides is 1. The maximum atomic E-state index is 13.1. The van der Waals surface area contributed by atoms with E-state index in [0.29, 0.717) is 18.0 Å². The average Bonchev–Trinajstić information content (AvgIpc) is 3.22. The molecule has 0 spiro atoms. The molecule has 1 aliphatic heterocycles. The number of ether oxygens (including phenoxy) is 1. The highest BCUT2D eigenvalue weighted by Gasteiger charge is 2.22. The van der Waals surface area contributed by atoms with E-state index in [1.165, 1.54) is 5.56 Å². The van der Waals surface area contributed by atoms with Crippen LogP contribution in [0.15, 0.2) is 36.7 Å². The summed E-state index contributed by atoms with van der Waals surface area (Å²) in [5.74, 6) is 0.352. The molecule has 1 fully saturated rings. The molecule has 0 radical (unpaired) electrons. The Hall–Kier alpha value is -2.93. The van der Waals surface area contributed by atoms with Gasteiger partial charge in [0.05, 0.1) is 22.8 Å². The molecule has 2 N–H and O–H groups in total. The van der Waals surface area contributed by atoms with Crippen molar-refractivity contribution in [3.05, 3.63) is 53.3 Å². The first-order valence-electron chi connectivity index (χ1n) is 11.1. The maximum absolute atomic E-state index is 13.1. The lowest BCUT2D eigenvalue weighted by atomic mass is 10.0. The van der Waals surface area contributed by atoms with Crippen LogP contribution >= 0.6 is 0 Å². The summed E-state index contributed by atoms with van der Waals surface area (Å²) in [6.07, 6.45) is 5.29. The van der Waals surface area contributed by atoms with E-state index in [-0.39, 0.29) is 11.9 Å². The van der Waals surface area contributed by atoms with Gasteiger partial charge in [-0.25, -0.2) is 9.67 Å². The fourth-order valence-corrected chi connectivity index (χ4v) is 3.93. The number of aryl methyl sites for hydroxylation is 1. The van der Waals surface area contributed by atoms with E-state index in [4.69, 9.17) is 4.74 Å². The summed E-state index contributed by atoms with van der Waals surface area (Å²) < 4.78 is 7.34. The molecule has 164 valence electrons. The summed E-state index contributed by atoms with van der Waals surface area (Å²) in [4.78, 5) is 17.7. The second-order valence-corrected chi connectivity index (χ2v) is 8.35. The zero-order valence-electron chi connectivity index (χ0n) is 18.5. The molecule has 0 unspecified atom stereocenters. The molecule has 1 aromatic carbocycles. The third kappa shape index (κ3) is 4.71. The summed E-state index contributed by atoms with van der Waals surface area (Å²) in [7, 11) is 0. The molecule has 0 aliphatic carbocycles. The van der Waals surface area contributed by atoms with Gasteiger partial charge in [0.1, 0.15) is 0 Å². The summed E-state index contributed by atoms with van der Waals surface area (Å²) in [5, 5.41) is 12.0. The molecule has 0 atom stereocenters. The number of rotatable bonds is 7. The number of fused-ring (bicyclic) bond motifs is 1. The van der Waals surface area contributed by atoms with E-state index in [1.807, 2.05) is 11.6 Å². The lowest BCUT2D eigenvalue weighted by molar-refractivity contribution is 0.0904. The number of nitrogens with zero attached hydrogens (tertiary/aromatic N) is 3. The standard InChI is InChI=1S/C24H31N5O2/c1-4-29-23-20(15-27-29)22(28-19-9-11-31-12-10-19)21(14-25-23)24(30)26-13-17-5-7-18(8-6-17)16(2)3/h5-8,14-16,19H,4,9-13H2,1-3H3,(H,25,28)(H,26,30). The van der Waals surface area contributed by atoms with Gasteiger partial charge in [0, 0.05) is 38.5 Å². The van der Waals surface area contributed by atoms with Gasteiger partial charge in [0.15, 0.2) is 5.65 Å². The Morgan fingerprint density at radius 3 is 2.61 bits per heavy atom. The Labute approximate surface area is 183 Å². The fraction of sp³-hybridized carbons (Fsp3) is 0.458. The molecule has 0 bridgehead atoms. The second kappa shape index (κ2) is 9.47. The zero-order chi connectivity index (χ0) is 21.8. The topological polar surface area (TPSA) is 81.1 Å². The first-order chi connectivity index (χ1) is 15.1. The van der Waals surface area contributed by atoms with Gasteiger partial charge in [0.25, 0.3) is 5.91 Å². The van der Waals surface area contributed by atoms with Crippen molar-refractivity contribution >= 4 is 22.6 Å². The Morgan fingerprint density at radius 2 is 1.94 bits per heavy atom. The Kier molecular flexibility index (Phi) is 6.51. The highest BCUT2D eigenvalue weighted by Crippen LogP contribution is 2.28. The zero-order valence-corrected chi connectivity index (χ0v) is 18.5. The van der Waals surface area contributed by atoms with Crippen LogP contribution in [0.25, 0.3) is 11.0 Å². The molecule has 0 saturated carbocycles. The average molecular weight is 422 g/mol. The van der Waals surface area contributed by atoms with E-state index in [9.17, 15) is 4.79 Å². The number of hydrogen-bond donors (Lipinski definition) is 2. The molecule has 7 heteroatoms. The number of carbonyl (C=O) groups excluding carboxylic acids is 1. The fourth-order valence-electron chi connectivity index (χ4n) is 3.93. The van der Waals surface area contributed by atoms with Crippen molar-refractivity contribution in [2.75, 3.05) is 18.5 Å². The molecule has 3 heterocycles. The Bertz CT molecular complexity index is 1040. The van der Waals surface area contributed by atoms with Crippen LogP contribution in [0.4, 0.5) is 5.69 Å². The number of pyridine rings is 1. The summed E-state index contributed by atoms with van der Waals surface area (Å²) in [6.45, 7) is 9.04. The molecule has 31 heavy (non-hydrogen) atoms. The number of benzene rings is 1. The lowest BCUT2D eigenvalue weighted by Gasteiger charge is -2.25. The molecule has 2 aromatic heterocycles. The summed E-state index contributed by atoms with van der Waals surface area (Å²) >= 11 is 0. The normalized spacial score (nSPS) is 14.8. The van der Waals surface area contributed by atoms with Gasteiger partial charge in [-0.15, -0.1) is 0 Å². The SMILES string of the molecule is CCn1ncc2c(NC3CCOCC3)c(C(=O)NCc3ccc(C(C)C)cc3)cnc21. The van der Waals surface area contributed by atoms with Gasteiger partial charge < -0.3 is 15.4 Å². The van der Waals surface area contributed by atoms with Crippen molar-refractivity contribution in [2.24, 2.45) is 0 Å². The predicted octanol–water partition coefficient (Wildman–Crippen LogP) is 4.10. The molecular formula is C24H31N5O2. The molecule has 3 aromatic rings. The first kappa shape index (κ1) is 21.3. The summed E-state index contributed by atoms with van der Waals surface area (Å²) in [5.41, 5.74) is 4.51. The second-order valence-electron chi connectivity index (χ2n) is 8.35. The minimum atomic E-state index is -0.138. The van der Waals surface area contributed by atoms with Crippen LogP contribution in [0, 0.1) is 0 Å². The minimum Gasteiger partial charge on any atom is -0.381 e. The lowest BCUT2D eigenvalue weighted by Crippen LogP contribution is -2.30. The van der Waals surface area contributed by atoms with Crippen LogP contribution in [-0.4, -0.2) is 39.9 Å². The predicted molar refractivity (Wildman–Crippen MR) is 122 cm³/mol. The van der Waals surface area contributed by atoms with Gasteiger partial charge in [-0.1, -0.05) is 38.1 Å². The van der Waals surface area contributed by atoms with Crippen molar-refractivity contribution in [2.45, 2.75) is 58.7 Å². The smallest absolute Gasteiger partial charge is 0.255 e. The first-order valence-corrected chi connectivity index (χ1v) is 11.1. The third-order valence-corrected chi connectivity index (χ3v) is 5.88. The van der Waals surface area contributed by atoms with E-state index < -0.39 is 0 Å². The molecule has 1 amide bonds. The monoisotopic (exact) mass is 421 g/mol. The van der Waals surface area contributed by atoms with E-state index in [2.05, 4.69) is 58.8 Å². The molecular weight excluding hydrogens is 390 g/mol. The maximum Gasteiger partial charge on any atom is 0.255 e. The number of hydrogen-bond acceptors (Lipinski definition) is 5. The highest BCUT2D eigenvalue weighted by molar-refractivity contribution is 6.06. The Balaban J connectivity index is 1.57. The van der Waals surface area contributed by atoms with Crippen LogP contribution in [-0.2, 0) is 17.8 Å². The number of nitrogens with one attached hydrogen (secondary N) is 2. The van der Waals surface area contributed by atoms with Crippen LogP contribution in [0.1, 0.15) is 61.0 Å². The van der Waals surface area contributed by atoms with Crippen molar-refractivity contribution in [3.8, 4) is 0 Å². The molecule has 7 nitrogen and oxygen atoms in total. The highest BCUT2D eigenvalue weighted by atomic mass is 16.5. The minimum absolute atomic E-state index is 0.138. The van der Waals surface area contributed by atoms with Crippen molar-refractivity contribution in [1.29, 1.82) is 0 Å². The number of anilines is 1. The van der Waals surface area contributed by atoms with Crippen LogP contribution in [0.3, 0.4) is 0 Å². The van der Waals surface area contributed by atoms with Gasteiger partial charge >= 0.3 is 0 Å². The largest absolute Gasteiger partial charge is 0.381 e. The third-order valence-electron chi connectivity index (χ3n) is 5.88. The van der Waals surface area contributed by atoms with Crippen LogP contribution in [0.2, 0.25) is 0 Å². The van der Waals surface area contributed by atoms with Gasteiger partial charge in [0.2, 0.25) is 0 Å². The molecule has 1 saturated heterocycles. The van der Waals surface area contributed by atoms with E-state index >= 15 is 0 Å². The van der Waals surface area contributed by atoms with E-state index in [0.717, 1.165) is 54.9 Å². The molecule has 4 rings (SSSR count). The number of aromatic nitrogens is 3. The van der Waals surface area contributed by atoms with Gasteiger partial charge in [-0.05, 0) is 36.8 Å². The van der Waals surface area contributed by atoms with E-state index in [1.54, 1.807) is 12.4 Å². The Morgan fingerprint density at radius 1 is 1.19 bits per heavy atom. The van der Waals surface area contributed by atoms with Crippen LogP contribution in [0.5, 0.6) is 0 Å². The van der Waals surface area contributed by atoms with Crippen molar-refractivity contribution in [3.63, 3.8) is 0 Å². The van der Waals surface area contributed by atoms with Crippen molar-refractivity contribution in [1.82, 2.24) is 20.1 Å². The molecule has 1 aliphatic rings. The van der Waals surface area contributed by atoms with Crippen molar-refractivity contribution < 1.29 is 9.53 Å². The number of carbonyl (C=O) groups is 1. The van der Waals surface area contributed by atoms with Crippen LogP contribution < -0.4 is 10.6 Å².